The van der Waals surface area contributed by atoms with Gasteiger partial charge in [-0.25, -0.2) is 0 Å². The van der Waals surface area contributed by atoms with Gasteiger partial charge in [0.2, 0.25) is 5.91 Å². The fourth-order valence-corrected chi connectivity index (χ4v) is 0.562. The second kappa shape index (κ2) is 4.16. The maximum atomic E-state index is 11.1. The summed E-state index contributed by atoms with van der Waals surface area (Å²) in [5.41, 5.74) is 2.41. The molecule has 0 unspecified atom stereocenters. The molecule has 0 fully saturated rings. The summed E-state index contributed by atoms with van der Waals surface area (Å²) in [5.74, 6) is 0.170. The minimum atomic E-state index is 0.170. The largest absolute Gasteiger partial charge is 0.349 e. The molecule has 0 rings (SSSR count). The highest BCUT2D eigenvalue weighted by Gasteiger charge is 2.04. The molecule has 0 heterocycles. The molecule has 0 aliphatic rings. The molecule has 0 aliphatic heterocycles. The number of amides is 1. The highest BCUT2D eigenvalue weighted by molar-refractivity contribution is 5.78. The molecule has 0 aromatic carbocycles. The van der Waals surface area contributed by atoms with Crippen molar-refractivity contribution < 1.29 is 4.79 Å². The average Bonchev–Trinajstić information content (AvgIpc) is 1.87. The lowest BCUT2D eigenvalue weighted by atomic mass is 10.1. The summed E-state index contributed by atoms with van der Waals surface area (Å²) in [5, 5.41) is 0. The van der Waals surface area contributed by atoms with E-state index in [0.29, 0.717) is 6.42 Å². The van der Waals surface area contributed by atoms with Crippen molar-refractivity contribution in [3.63, 3.8) is 0 Å². The smallest absolute Gasteiger partial charge is 0.226 e. The second-order valence-corrected chi connectivity index (χ2v) is 3.25. The zero-order chi connectivity index (χ0) is 9.02. The van der Waals surface area contributed by atoms with Gasteiger partial charge in [0.1, 0.15) is 0 Å². The van der Waals surface area contributed by atoms with Gasteiger partial charge in [-0.1, -0.05) is 11.1 Å². The highest BCUT2D eigenvalue weighted by atomic mass is 16.2. The lowest BCUT2D eigenvalue weighted by Gasteiger charge is -2.10. The van der Waals surface area contributed by atoms with Crippen LogP contribution in [0.3, 0.4) is 0 Å². The normalized spacial score (nSPS) is 9.18. The van der Waals surface area contributed by atoms with E-state index in [1.807, 2.05) is 20.8 Å². The quantitative estimate of drug-likeness (QED) is 0.557. The minimum absolute atomic E-state index is 0.170. The summed E-state index contributed by atoms with van der Waals surface area (Å²) in [6.45, 7) is 6.05. The lowest BCUT2D eigenvalue weighted by Crippen LogP contribution is -2.21. The molecule has 0 aliphatic carbocycles. The maximum absolute atomic E-state index is 11.1. The molecule has 0 N–H and O–H groups in total. The molecule has 0 atom stereocenters. The first-order valence-electron chi connectivity index (χ1n) is 3.78. The van der Waals surface area contributed by atoms with E-state index >= 15 is 0 Å². The molecular formula is C9H17NO. The number of carbonyl (C=O) groups excluding carboxylic acids is 1. The average molecular weight is 155 g/mol. The zero-order valence-corrected chi connectivity index (χ0v) is 8.06. The number of carbonyl (C=O) groups is 1. The van der Waals surface area contributed by atoms with Crippen LogP contribution in [0.25, 0.3) is 0 Å². The van der Waals surface area contributed by atoms with Crippen molar-refractivity contribution in [2.45, 2.75) is 27.2 Å². The molecule has 0 spiro atoms. The Balaban J connectivity index is 4.07. The summed E-state index contributed by atoms with van der Waals surface area (Å²) in [4.78, 5) is 12.8. The molecule has 0 bridgehead atoms. The molecule has 2 nitrogen and oxygen atoms in total. The molecule has 0 radical (unpaired) electrons. The fourth-order valence-electron chi connectivity index (χ4n) is 0.562. The van der Waals surface area contributed by atoms with Crippen LogP contribution < -0.4 is 0 Å². The molecule has 0 aromatic heterocycles. The standard InChI is InChI=1S/C9H17NO/c1-7(2)8(3)6-9(11)10(4)5/h6H2,1-5H3. The summed E-state index contributed by atoms with van der Waals surface area (Å²) in [7, 11) is 3.56. The Morgan fingerprint density at radius 3 is 1.91 bits per heavy atom. The van der Waals surface area contributed by atoms with Gasteiger partial charge in [-0.05, 0) is 20.8 Å². The fraction of sp³-hybridized carbons (Fsp3) is 0.667. The van der Waals surface area contributed by atoms with Gasteiger partial charge in [-0.15, -0.1) is 0 Å². The number of hydrogen-bond donors (Lipinski definition) is 0. The predicted molar refractivity (Wildman–Crippen MR) is 47.4 cm³/mol. The van der Waals surface area contributed by atoms with Gasteiger partial charge in [-0.3, -0.25) is 4.79 Å². The third kappa shape index (κ3) is 3.81. The van der Waals surface area contributed by atoms with Crippen molar-refractivity contribution in [3.8, 4) is 0 Å². The monoisotopic (exact) mass is 155 g/mol. The molecular weight excluding hydrogens is 138 g/mol. The van der Waals surface area contributed by atoms with Crippen LogP contribution in [0.4, 0.5) is 0 Å². The summed E-state index contributed by atoms with van der Waals surface area (Å²) in [6, 6.07) is 0. The molecule has 0 saturated carbocycles. The van der Waals surface area contributed by atoms with Crippen LogP contribution in [-0.4, -0.2) is 24.9 Å². The zero-order valence-electron chi connectivity index (χ0n) is 8.06. The Morgan fingerprint density at radius 2 is 1.64 bits per heavy atom. The first-order chi connectivity index (χ1) is 4.95. The van der Waals surface area contributed by atoms with E-state index in [1.165, 1.54) is 11.1 Å². The maximum Gasteiger partial charge on any atom is 0.226 e. The molecule has 2 heteroatoms. The Labute approximate surface area is 68.9 Å². The van der Waals surface area contributed by atoms with Crippen LogP contribution in [0.2, 0.25) is 0 Å². The highest BCUT2D eigenvalue weighted by Crippen LogP contribution is 2.07. The van der Waals surface area contributed by atoms with Crippen molar-refractivity contribution in [2.75, 3.05) is 14.1 Å². The Hall–Kier alpha value is -0.790. The number of allylic oxidation sites excluding steroid dienone is 1. The summed E-state index contributed by atoms with van der Waals surface area (Å²) in [6.07, 6.45) is 0.551. The van der Waals surface area contributed by atoms with E-state index in [2.05, 4.69) is 0 Å². The van der Waals surface area contributed by atoms with Gasteiger partial charge < -0.3 is 4.90 Å². The van der Waals surface area contributed by atoms with Crippen molar-refractivity contribution in [1.29, 1.82) is 0 Å². The Morgan fingerprint density at radius 1 is 1.18 bits per heavy atom. The predicted octanol–water partition coefficient (Wildman–Crippen LogP) is 1.82. The van der Waals surface area contributed by atoms with Crippen LogP contribution in [0.15, 0.2) is 11.1 Å². The molecule has 64 valence electrons. The van der Waals surface area contributed by atoms with Crippen molar-refractivity contribution >= 4 is 5.91 Å². The summed E-state index contributed by atoms with van der Waals surface area (Å²) >= 11 is 0. The topological polar surface area (TPSA) is 20.3 Å². The van der Waals surface area contributed by atoms with Crippen LogP contribution in [0.5, 0.6) is 0 Å². The first kappa shape index (κ1) is 10.2. The van der Waals surface area contributed by atoms with Gasteiger partial charge >= 0.3 is 0 Å². The van der Waals surface area contributed by atoms with E-state index in [4.69, 9.17) is 0 Å². The Kier molecular flexibility index (Phi) is 3.86. The van der Waals surface area contributed by atoms with E-state index in [0.717, 1.165) is 0 Å². The van der Waals surface area contributed by atoms with E-state index in [-0.39, 0.29) is 5.91 Å². The third-order valence-electron chi connectivity index (χ3n) is 1.77. The van der Waals surface area contributed by atoms with Crippen LogP contribution >= 0.6 is 0 Å². The summed E-state index contributed by atoms with van der Waals surface area (Å²) < 4.78 is 0. The van der Waals surface area contributed by atoms with Crippen LogP contribution in [0.1, 0.15) is 27.2 Å². The lowest BCUT2D eigenvalue weighted by molar-refractivity contribution is -0.127. The molecule has 1 amide bonds. The van der Waals surface area contributed by atoms with E-state index in [1.54, 1.807) is 19.0 Å². The number of hydrogen-bond acceptors (Lipinski definition) is 1. The van der Waals surface area contributed by atoms with Gasteiger partial charge in [0.05, 0.1) is 0 Å². The molecule has 0 saturated heterocycles. The first-order valence-corrected chi connectivity index (χ1v) is 3.78. The number of nitrogens with zero attached hydrogens (tertiary/aromatic N) is 1. The van der Waals surface area contributed by atoms with Gasteiger partial charge in [0, 0.05) is 20.5 Å². The van der Waals surface area contributed by atoms with Crippen molar-refractivity contribution in [3.05, 3.63) is 11.1 Å². The van der Waals surface area contributed by atoms with Crippen LogP contribution in [-0.2, 0) is 4.79 Å². The molecule has 0 aromatic rings. The third-order valence-corrected chi connectivity index (χ3v) is 1.77. The van der Waals surface area contributed by atoms with Gasteiger partial charge in [0.15, 0.2) is 0 Å². The van der Waals surface area contributed by atoms with Crippen LogP contribution in [0, 0.1) is 0 Å². The number of rotatable bonds is 2. The second-order valence-electron chi connectivity index (χ2n) is 3.25. The van der Waals surface area contributed by atoms with E-state index < -0.39 is 0 Å². The SMILES string of the molecule is CC(C)=C(C)CC(=O)N(C)C. The van der Waals surface area contributed by atoms with Crippen molar-refractivity contribution in [1.82, 2.24) is 4.90 Å². The van der Waals surface area contributed by atoms with Gasteiger partial charge in [0.25, 0.3) is 0 Å². The Bertz CT molecular complexity index is 176. The van der Waals surface area contributed by atoms with Gasteiger partial charge in [-0.2, -0.15) is 0 Å². The van der Waals surface area contributed by atoms with E-state index in [9.17, 15) is 4.79 Å². The molecule has 11 heavy (non-hydrogen) atoms. The van der Waals surface area contributed by atoms with Crippen molar-refractivity contribution in [2.24, 2.45) is 0 Å². The minimum Gasteiger partial charge on any atom is -0.349 e.